The molecule has 2 N–H and O–H groups in total. The summed E-state index contributed by atoms with van der Waals surface area (Å²) in [6.45, 7) is 5.12. The number of hydrogen-bond acceptors (Lipinski definition) is 7. The van der Waals surface area contributed by atoms with Crippen molar-refractivity contribution in [3.63, 3.8) is 0 Å². The third kappa shape index (κ3) is 3.88. The van der Waals surface area contributed by atoms with Gasteiger partial charge in [0, 0.05) is 12.7 Å². The molecule has 0 unspecified atom stereocenters. The second-order valence-electron chi connectivity index (χ2n) is 3.91. The van der Waals surface area contributed by atoms with Crippen molar-refractivity contribution in [3.05, 3.63) is 22.4 Å². The van der Waals surface area contributed by atoms with E-state index in [1.54, 1.807) is 13.1 Å². The Kier molecular flexibility index (Phi) is 4.67. The van der Waals surface area contributed by atoms with E-state index >= 15 is 0 Å². The van der Waals surface area contributed by atoms with Crippen LogP contribution >= 0.6 is 15.9 Å². The van der Waals surface area contributed by atoms with E-state index in [2.05, 4.69) is 53.6 Å². The average Bonchev–Trinajstić information content (AvgIpc) is 2.82. The van der Waals surface area contributed by atoms with E-state index < -0.39 is 0 Å². The molecule has 0 aliphatic carbocycles. The molecule has 0 radical (unpaired) electrons. The monoisotopic (exact) mass is 326 g/mol. The van der Waals surface area contributed by atoms with Gasteiger partial charge in [-0.25, -0.2) is 4.98 Å². The van der Waals surface area contributed by atoms with E-state index in [-0.39, 0.29) is 0 Å². The minimum atomic E-state index is 0.420. The van der Waals surface area contributed by atoms with Gasteiger partial charge in [-0.2, -0.15) is 9.97 Å². The van der Waals surface area contributed by atoms with Gasteiger partial charge in [0.25, 0.3) is 0 Å². The number of nitrogens with one attached hydrogen (secondary N) is 2. The molecular formula is C11H15BrN6O. The fourth-order valence-corrected chi connectivity index (χ4v) is 1.72. The number of aromatic nitrogens is 4. The van der Waals surface area contributed by atoms with Gasteiger partial charge in [-0.15, -0.1) is 0 Å². The Labute approximate surface area is 119 Å². The first-order valence-electron chi connectivity index (χ1n) is 5.98. The number of halogens is 1. The molecule has 0 fully saturated rings. The van der Waals surface area contributed by atoms with Crippen molar-refractivity contribution in [2.75, 3.05) is 17.2 Å². The van der Waals surface area contributed by atoms with Gasteiger partial charge in [-0.1, -0.05) is 12.1 Å². The second kappa shape index (κ2) is 6.46. The summed E-state index contributed by atoms with van der Waals surface area (Å²) in [7, 11) is 0. The first-order chi connectivity index (χ1) is 9.19. The number of aryl methyl sites for hydroxylation is 1. The van der Waals surface area contributed by atoms with Crippen molar-refractivity contribution in [1.82, 2.24) is 20.1 Å². The molecule has 2 heterocycles. The maximum Gasteiger partial charge on any atom is 0.245 e. The van der Waals surface area contributed by atoms with E-state index in [9.17, 15) is 0 Å². The van der Waals surface area contributed by atoms with Crippen LogP contribution in [0.1, 0.15) is 25.1 Å². The van der Waals surface area contributed by atoms with Gasteiger partial charge in [-0.05, 0) is 29.3 Å². The molecular weight excluding hydrogens is 312 g/mol. The Balaban J connectivity index is 2.02. The molecule has 102 valence electrons. The van der Waals surface area contributed by atoms with Gasteiger partial charge in [0.15, 0.2) is 5.82 Å². The predicted molar refractivity (Wildman–Crippen MR) is 74.9 cm³/mol. The van der Waals surface area contributed by atoms with Crippen LogP contribution in [0.4, 0.5) is 11.8 Å². The standard InChI is InChI=1S/C11H15BrN6O/c1-3-4-13-11-15-5-8(12)10(17-11)14-6-9-16-7(2)18-19-9/h5H,3-4,6H2,1-2H3,(H2,13,14,15,17). The number of hydrogen-bond donors (Lipinski definition) is 2. The van der Waals surface area contributed by atoms with Crippen LogP contribution in [0.2, 0.25) is 0 Å². The summed E-state index contributed by atoms with van der Waals surface area (Å²) in [6.07, 6.45) is 2.72. The predicted octanol–water partition coefficient (Wildman–Crippen LogP) is 2.36. The van der Waals surface area contributed by atoms with Gasteiger partial charge < -0.3 is 15.2 Å². The zero-order chi connectivity index (χ0) is 13.7. The SMILES string of the molecule is CCCNc1ncc(Br)c(NCc2nc(C)no2)n1. The van der Waals surface area contributed by atoms with E-state index in [0.29, 0.717) is 30.0 Å². The summed E-state index contributed by atoms with van der Waals surface area (Å²) in [5.41, 5.74) is 0. The summed E-state index contributed by atoms with van der Waals surface area (Å²) in [5, 5.41) is 9.98. The first-order valence-corrected chi connectivity index (χ1v) is 6.77. The van der Waals surface area contributed by atoms with Gasteiger partial charge in [0.2, 0.25) is 11.8 Å². The van der Waals surface area contributed by atoms with Crippen LogP contribution in [-0.2, 0) is 6.54 Å². The molecule has 0 saturated heterocycles. The minimum absolute atomic E-state index is 0.420. The fourth-order valence-electron chi connectivity index (χ4n) is 1.38. The van der Waals surface area contributed by atoms with Crippen molar-refractivity contribution in [2.45, 2.75) is 26.8 Å². The van der Waals surface area contributed by atoms with Crippen LogP contribution in [0.5, 0.6) is 0 Å². The van der Waals surface area contributed by atoms with Crippen LogP contribution in [-0.4, -0.2) is 26.7 Å². The van der Waals surface area contributed by atoms with Crippen LogP contribution in [0.15, 0.2) is 15.2 Å². The summed E-state index contributed by atoms with van der Waals surface area (Å²) in [6, 6.07) is 0. The van der Waals surface area contributed by atoms with E-state index in [1.807, 2.05) is 0 Å². The van der Waals surface area contributed by atoms with Gasteiger partial charge >= 0.3 is 0 Å². The third-order valence-electron chi connectivity index (χ3n) is 2.25. The van der Waals surface area contributed by atoms with E-state index in [0.717, 1.165) is 17.4 Å². The third-order valence-corrected chi connectivity index (χ3v) is 2.83. The molecule has 8 heteroatoms. The lowest BCUT2D eigenvalue weighted by Crippen LogP contribution is -2.08. The van der Waals surface area contributed by atoms with Gasteiger partial charge in [0.05, 0.1) is 11.0 Å². The Morgan fingerprint density at radius 1 is 1.32 bits per heavy atom. The summed E-state index contributed by atoms with van der Waals surface area (Å²) in [4.78, 5) is 12.6. The molecule has 7 nitrogen and oxygen atoms in total. The lowest BCUT2D eigenvalue weighted by molar-refractivity contribution is 0.379. The van der Waals surface area contributed by atoms with Crippen LogP contribution in [0.3, 0.4) is 0 Å². The molecule has 0 amide bonds. The molecule has 0 bridgehead atoms. The smallest absolute Gasteiger partial charge is 0.245 e. The van der Waals surface area contributed by atoms with Crippen molar-refractivity contribution in [2.24, 2.45) is 0 Å². The Bertz CT molecular complexity index is 544. The Hall–Kier alpha value is -1.70. The number of rotatable bonds is 6. The molecule has 0 aromatic carbocycles. The normalized spacial score (nSPS) is 10.5. The number of nitrogens with zero attached hydrogens (tertiary/aromatic N) is 4. The van der Waals surface area contributed by atoms with Crippen LogP contribution < -0.4 is 10.6 Å². The maximum absolute atomic E-state index is 5.02. The zero-order valence-corrected chi connectivity index (χ0v) is 12.4. The van der Waals surface area contributed by atoms with Crippen molar-refractivity contribution < 1.29 is 4.52 Å². The molecule has 0 aliphatic heterocycles. The number of anilines is 2. The molecule has 19 heavy (non-hydrogen) atoms. The first kappa shape index (κ1) is 13.7. The van der Waals surface area contributed by atoms with Crippen molar-refractivity contribution in [3.8, 4) is 0 Å². The van der Waals surface area contributed by atoms with Crippen molar-refractivity contribution in [1.29, 1.82) is 0 Å². The molecule has 0 saturated carbocycles. The largest absolute Gasteiger partial charge is 0.360 e. The zero-order valence-electron chi connectivity index (χ0n) is 10.8. The Morgan fingerprint density at radius 2 is 2.16 bits per heavy atom. The average molecular weight is 327 g/mol. The maximum atomic E-state index is 5.02. The van der Waals surface area contributed by atoms with E-state index in [1.165, 1.54) is 0 Å². The highest BCUT2D eigenvalue weighted by Crippen LogP contribution is 2.20. The topological polar surface area (TPSA) is 88.8 Å². The highest BCUT2D eigenvalue weighted by molar-refractivity contribution is 9.10. The fraction of sp³-hybridized carbons (Fsp3) is 0.455. The Morgan fingerprint density at radius 3 is 2.84 bits per heavy atom. The molecule has 0 aliphatic rings. The molecule has 2 rings (SSSR count). The molecule has 2 aromatic rings. The van der Waals surface area contributed by atoms with Gasteiger partial charge in [0.1, 0.15) is 5.82 Å². The lowest BCUT2D eigenvalue weighted by atomic mass is 10.5. The summed E-state index contributed by atoms with van der Waals surface area (Å²) >= 11 is 3.40. The van der Waals surface area contributed by atoms with Crippen LogP contribution in [0.25, 0.3) is 0 Å². The highest BCUT2D eigenvalue weighted by atomic mass is 79.9. The van der Waals surface area contributed by atoms with Gasteiger partial charge in [-0.3, -0.25) is 0 Å². The summed E-state index contributed by atoms with van der Waals surface area (Å²) < 4.78 is 5.81. The second-order valence-corrected chi connectivity index (χ2v) is 4.76. The van der Waals surface area contributed by atoms with Crippen LogP contribution in [0, 0.1) is 6.92 Å². The molecule has 0 spiro atoms. The summed E-state index contributed by atoms with van der Waals surface area (Å²) in [5.74, 6) is 2.41. The molecule has 0 atom stereocenters. The lowest BCUT2D eigenvalue weighted by Gasteiger charge is -2.08. The van der Waals surface area contributed by atoms with Crippen molar-refractivity contribution >= 4 is 27.7 Å². The molecule has 2 aromatic heterocycles. The highest BCUT2D eigenvalue weighted by Gasteiger charge is 2.07. The minimum Gasteiger partial charge on any atom is -0.360 e. The van der Waals surface area contributed by atoms with E-state index in [4.69, 9.17) is 4.52 Å². The quantitative estimate of drug-likeness (QED) is 0.842.